The van der Waals surface area contributed by atoms with Crippen LogP contribution >= 0.6 is 34.7 Å². The number of carbonyl (C=O) groups is 2. The third-order valence-corrected chi connectivity index (χ3v) is 9.24. The van der Waals surface area contributed by atoms with Crippen molar-refractivity contribution < 1.29 is 19.4 Å². The van der Waals surface area contributed by atoms with Crippen LogP contribution in [0.2, 0.25) is 5.02 Å². The van der Waals surface area contributed by atoms with Gasteiger partial charge in [-0.05, 0) is 65.2 Å². The summed E-state index contributed by atoms with van der Waals surface area (Å²) in [6.45, 7) is 2.32. The molecule has 1 amide bonds. The molecule has 1 atom stereocenters. The Hall–Kier alpha value is -4.18. The minimum atomic E-state index is -0.940. The van der Waals surface area contributed by atoms with Gasteiger partial charge < -0.3 is 9.84 Å². The average molecular weight is 614 g/mol. The van der Waals surface area contributed by atoms with E-state index in [4.69, 9.17) is 16.3 Å². The molecule has 6 rings (SSSR count). The van der Waals surface area contributed by atoms with E-state index in [0.29, 0.717) is 38.6 Å². The van der Waals surface area contributed by atoms with E-state index in [9.17, 15) is 14.7 Å². The third kappa shape index (κ3) is 5.38. The highest BCUT2D eigenvalue weighted by Crippen LogP contribution is 2.44. The van der Waals surface area contributed by atoms with Crippen LogP contribution in [0.15, 0.2) is 101 Å². The van der Waals surface area contributed by atoms with E-state index >= 15 is 0 Å². The molecule has 1 N–H and O–H groups in total. The molecule has 2 heterocycles. The first-order valence-electron chi connectivity index (χ1n) is 13.2. The summed E-state index contributed by atoms with van der Waals surface area (Å²) in [6.07, 6.45) is 0. The lowest BCUT2D eigenvalue weighted by Crippen LogP contribution is -2.29. The smallest absolute Gasteiger partial charge is 0.301 e. The summed E-state index contributed by atoms with van der Waals surface area (Å²) in [7, 11) is 0. The number of ketones is 1. The highest BCUT2D eigenvalue weighted by atomic mass is 35.5. The van der Waals surface area contributed by atoms with Gasteiger partial charge in [-0.3, -0.25) is 14.5 Å². The first kappa shape index (κ1) is 28.0. The Labute approximate surface area is 255 Å². The van der Waals surface area contributed by atoms with Crippen LogP contribution in [0.1, 0.15) is 29.7 Å². The largest absolute Gasteiger partial charge is 0.507 e. The molecule has 7 nitrogen and oxygen atoms in total. The zero-order valence-corrected chi connectivity index (χ0v) is 24.7. The molecule has 1 aliphatic heterocycles. The van der Waals surface area contributed by atoms with Crippen LogP contribution in [0.5, 0.6) is 5.75 Å². The monoisotopic (exact) mass is 613 g/mol. The van der Waals surface area contributed by atoms with Crippen LogP contribution in [-0.2, 0) is 15.3 Å². The summed E-state index contributed by atoms with van der Waals surface area (Å²) in [5.74, 6) is -0.663. The number of aromatic nitrogens is 2. The average Bonchev–Trinajstić information content (AvgIpc) is 3.58. The quantitative estimate of drug-likeness (QED) is 0.0631. The predicted molar refractivity (Wildman–Crippen MR) is 167 cm³/mol. The van der Waals surface area contributed by atoms with Crippen molar-refractivity contribution in [2.75, 3.05) is 11.5 Å². The van der Waals surface area contributed by atoms with Crippen LogP contribution in [0.4, 0.5) is 5.13 Å². The van der Waals surface area contributed by atoms with Gasteiger partial charge in [0.1, 0.15) is 11.5 Å². The van der Waals surface area contributed by atoms with Crippen LogP contribution in [0, 0.1) is 0 Å². The van der Waals surface area contributed by atoms with Crippen molar-refractivity contribution >= 4 is 68.1 Å². The maximum atomic E-state index is 13.5. The molecule has 0 radical (unpaired) electrons. The van der Waals surface area contributed by atoms with Gasteiger partial charge in [0.05, 0.1) is 18.2 Å². The van der Waals surface area contributed by atoms with Gasteiger partial charge in [-0.1, -0.05) is 89.3 Å². The second-order valence-electron chi connectivity index (χ2n) is 9.46. The van der Waals surface area contributed by atoms with Crippen LogP contribution < -0.4 is 9.64 Å². The van der Waals surface area contributed by atoms with Gasteiger partial charge in [0.2, 0.25) is 5.13 Å². The first-order chi connectivity index (χ1) is 20.4. The zero-order chi connectivity index (χ0) is 29.2. The zero-order valence-electron chi connectivity index (χ0n) is 22.4. The number of aliphatic hydroxyl groups is 1. The lowest BCUT2D eigenvalue weighted by atomic mass is 9.95. The number of carbonyl (C=O) groups excluding carboxylic acids is 2. The summed E-state index contributed by atoms with van der Waals surface area (Å²) in [6, 6.07) is 27.0. The van der Waals surface area contributed by atoms with Crippen molar-refractivity contribution in [1.29, 1.82) is 0 Å². The molecule has 4 aromatic carbocycles. The Morgan fingerprint density at radius 3 is 2.57 bits per heavy atom. The van der Waals surface area contributed by atoms with Crippen molar-refractivity contribution in [3.63, 3.8) is 0 Å². The molecule has 1 fully saturated rings. The van der Waals surface area contributed by atoms with Crippen molar-refractivity contribution in [2.45, 2.75) is 23.1 Å². The number of aliphatic hydroxyl groups excluding tert-OH is 1. The molecule has 42 heavy (non-hydrogen) atoms. The van der Waals surface area contributed by atoms with Crippen LogP contribution in [0.25, 0.3) is 16.5 Å². The molecule has 210 valence electrons. The van der Waals surface area contributed by atoms with Crippen LogP contribution in [-0.4, -0.2) is 33.6 Å². The fraction of sp³-hybridized carbons (Fsp3) is 0.125. The fourth-order valence-electron chi connectivity index (χ4n) is 4.97. The Bertz CT molecular complexity index is 1830. The molecule has 0 spiro atoms. The lowest BCUT2D eigenvalue weighted by Gasteiger charge is -2.23. The summed E-state index contributed by atoms with van der Waals surface area (Å²) >= 11 is 8.78. The van der Waals surface area contributed by atoms with Crippen LogP contribution in [0.3, 0.4) is 0 Å². The van der Waals surface area contributed by atoms with E-state index in [0.717, 1.165) is 10.9 Å². The Morgan fingerprint density at radius 2 is 1.76 bits per heavy atom. The van der Waals surface area contributed by atoms with Crippen molar-refractivity contribution in [3.8, 4) is 5.75 Å². The number of anilines is 1. The number of hydrogen-bond acceptors (Lipinski definition) is 8. The fourth-order valence-corrected chi connectivity index (χ4v) is 6.96. The molecule has 0 saturated carbocycles. The summed E-state index contributed by atoms with van der Waals surface area (Å²) in [5.41, 5.74) is 2.07. The maximum absolute atomic E-state index is 13.5. The van der Waals surface area contributed by atoms with E-state index < -0.39 is 17.7 Å². The maximum Gasteiger partial charge on any atom is 0.301 e. The molecule has 1 unspecified atom stereocenters. The van der Waals surface area contributed by atoms with E-state index in [1.807, 2.05) is 25.1 Å². The molecular weight excluding hydrogens is 590 g/mol. The first-order valence-corrected chi connectivity index (χ1v) is 15.3. The van der Waals surface area contributed by atoms with Gasteiger partial charge >= 0.3 is 5.91 Å². The van der Waals surface area contributed by atoms with E-state index in [2.05, 4.69) is 34.5 Å². The summed E-state index contributed by atoms with van der Waals surface area (Å²) in [5, 5.41) is 23.1. The molecule has 0 aliphatic carbocycles. The number of benzene rings is 4. The highest BCUT2D eigenvalue weighted by Gasteiger charge is 2.48. The van der Waals surface area contributed by atoms with Gasteiger partial charge in [-0.15, -0.1) is 10.2 Å². The van der Waals surface area contributed by atoms with Crippen molar-refractivity contribution in [2.24, 2.45) is 0 Å². The topological polar surface area (TPSA) is 92.6 Å². The minimum absolute atomic E-state index is 0.0453. The Morgan fingerprint density at radius 1 is 1.00 bits per heavy atom. The van der Waals surface area contributed by atoms with Crippen molar-refractivity contribution in [3.05, 3.63) is 118 Å². The number of Topliss-reactive ketones (excluding diaryl/α,β-unsaturated/α-hetero) is 1. The number of rotatable bonds is 8. The van der Waals surface area contributed by atoms with Gasteiger partial charge in [0, 0.05) is 16.3 Å². The summed E-state index contributed by atoms with van der Waals surface area (Å²) < 4.78 is 6.34. The number of fused-ring (bicyclic) bond motifs is 1. The molecule has 1 saturated heterocycles. The van der Waals surface area contributed by atoms with Crippen molar-refractivity contribution in [1.82, 2.24) is 10.2 Å². The number of amides is 1. The number of thioether (sulfide) groups is 1. The lowest BCUT2D eigenvalue weighted by molar-refractivity contribution is -0.132. The van der Waals surface area contributed by atoms with Gasteiger partial charge in [-0.25, -0.2) is 0 Å². The standard InChI is InChI=1S/C32H24ClN3O4S2/c1-2-40-24-11-6-9-21(17-24)27-26(28(37)20-13-15-23(33)16-14-20)29(38)30(39)36(27)31-34-35-32(42-31)41-18-22-10-5-8-19-7-3-4-12-25(19)22/h3-17,27,37H,2,18H2,1H3. The van der Waals surface area contributed by atoms with E-state index in [1.165, 1.54) is 33.4 Å². The molecule has 1 aromatic heterocycles. The predicted octanol–water partition coefficient (Wildman–Crippen LogP) is 7.66. The highest BCUT2D eigenvalue weighted by molar-refractivity contribution is 8.00. The summed E-state index contributed by atoms with van der Waals surface area (Å²) in [4.78, 5) is 28.4. The number of nitrogens with zero attached hydrogens (tertiary/aromatic N) is 3. The normalized spacial score (nSPS) is 16.3. The molecule has 10 heteroatoms. The Balaban J connectivity index is 1.38. The second-order valence-corrected chi connectivity index (χ2v) is 12.1. The molecule has 1 aliphatic rings. The number of hydrogen-bond donors (Lipinski definition) is 1. The molecule has 0 bridgehead atoms. The van der Waals surface area contributed by atoms with E-state index in [1.54, 1.807) is 48.5 Å². The van der Waals surface area contributed by atoms with Gasteiger partial charge in [0.25, 0.3) is 5.78 Å². The molecule has 5 aromatic rings. The third-order valence-electron chi connectivity index (χ3n) is 6.88. The SMILES string of the molecule is CCOc1cccc(C2C(=C(O)c3ccc(Cl)cc3)C(=O)C(=O)N2c2nnc(SCc3cccc4ccccc34)s2)c1. The Kier molecular flexibility index (Phi) is 7.97. The minimum Gasteiger partial charge on any atom is -0.507 e. The number of ether oxygens (including phenoxy) is 1. The van der Waals surface area contributed by atoms with Gasteiger partial charge in [-0.2, -0.15) is 0 Å². The van der Waals surface area contributed by atoms with Gasteiger partial charge in [0.15, 0.2) is 4.34 Å². The molecular formula is C32H24ClN3O4S2. The number of halogens is 1. The second kappa shape index (κ2) is 12.0. The van der Waals surface area contributed by atoms with E-state index in [-0.39, 0.29) is 16.5 Å².